The van der Waals surface area contributed by atoms with E-state index in [9.17, 15) is 20.1 Å². The Hall–Kier alpha value is -0.750. The van der Waals surface area contributed by atoms with Gasteiger partial charge in [-0.2, -0.15) is 0 Å². The quantitative estimate of drug-likeness (QED) is 0.576. The zero-order valence-electron chi connectivity index (χ0n) is 15.0. The molecule has 6 aliphatic rings. The Kier molecular flexibility index (Phi) is 2.88. The minimum atomic E-state index is -1.66. The third-order valence-electron chi connectivity index (χ3n) is 8.89. The molecule has 6 rings (SSSR count). The van der Waals surface area contributed by atoms with Gasteiger partial charge in [0.05, 0.1) is 18.8 Å². The summed E-state index contributed by atoms with van der Waals surface area (Å²) < 4.78 is 5.94. The summed E-state index contributed by atoms with van der Waals surface area (Å²) in [5.41, 5.74) is -1.54. The number of hydrogen-bond donors (Lipinski definition) is 3. The fourth-order valence-corrected chi connectivity index (χ4v) is 7.74. The average Bonchev–Trinajstić information content (AvgIpc) is 2.68. The molecule has 2 aliphatic heterocycles. The van der Waals surface area contributed by atoms with Crippen LogP contribution in [-0.4, -0.2) is 45.7 Å². The summed E-state index contributed by atoms with van der Waals surface area (Å²) in [6.45, 7) is 8.59. The van der Waals surface area contributed by atoms with Crippen LogP contribution in [0.1, 0.15) is 46.0 Å². The second-order valence-corrected chi connectivity index (χ2v) is 9.89. The summed E-state index contributed by atoms with van der Waals surface area (Å²) >= 11 is 0. The third-order valence-corrected chi connectivity index (χ3v) is 8.89. The molecule has 2 heterocycles. The molecule has 5 heteroatoms. The van der Waals surface area contributed by atoms with Gasteiger partial charge in [-0.15, -0.1) is 0 Å². The van der Waals surface area contributed by atoms with Crippen molar-refractivity contribution < 1.29 is 24.9 Å². The maximum absolute atomic E-state index is 13.3. The Labute approximate surface area is 148 Å². The molecule has 25 heavy (non-hydrogen) atoms. The summed E-state index contributed by atoms with van der Waals surface area (Å²) in [7, 11) is 0. The van der Waals surface area contributed by atoms with E-state index < -0.39 is 28.8 Å². The molecule has 6 fully saturated rings. The summed E-state index contributed by atoms with van der Waals surface area (Å²) in [5.74, 6) is -2.37. The van der Waals surface area contributed by atoms with Gasteiger partial charge in [0.1, 0.15) is 5.41 Å². The van der Waals surface area contributed by atoms with Crippen molar-refractivity contribution in [3.8, 4) is 0 Å². The van der Waals surface area contributed by atoms with Crippen molar-refractivity contribution in [1.29, 1.82) is 0 Å². The van der Waals surface area contributed by atoms with Crippen LogP contribution in [0.15, 0.2) is 12.2 Å². The summed E-state index contributed by atoms with van der Waals surface area (Å²) in [6, 6.07) is 0. The standard InChI is InChI=1S/C20H28O5/c1-10-11-4-5-12-18-9-25-19(24,20(12,15(10)22)16(11)23)8-13(18)17(2,3)7-6-14(18)21/h11-14,16,21,23-24H,1,4-9H2,2-3H3/t11-,12-,13+,14-,16-,18-,19?,20-/m0/s1. The number of carbonyl (C=O) groups excluding carboxylic acids is 1. The van der Waals surface area contributed by atoms with E-state index in [1.165, 1.54) is 0 Å². The molecule has 8 atom stereocenters. The Morgan fingerprint density at radius 3 is 2.60 bits per heavy atom. The van der Waals surface area contributed by atoms with E-state index in [1.807, 2.05) is 0 Å². The summed E-state index contributed by atoms with van der Waals surface area (Å²) in [5, 5.41) is 33.8. The minimum absolute atomic E-state index is 0.0426. The van der Waals surface area contributed by atoms with Crippen molar-refractivity contribution in [2.45, 2.75) is 63.9 Å². The SMILES string of the molecule is C=C1C(=O)[C@]23[C@@H](O)[C@H]1CC[C@H]2[C@@]12COC3(O)C[C@@H]1C(C)(C)CC[C@@H]2O. The lowest BCUT2D eigenvalue weighted by Crippen LogP contribution is -2.80. The molecular formula is C20H28O5. The number of Topliss-reactive ketones (excluding diaryl/α,β-unsaturated/α-hetero) is 1. The molecule has 138 valence electrons. The van der Waals surface area contributed by atoms with Crippen LogP contribution in [0.25, 0.3) is 0 Å². The molecule has 0 aromatic carbocycles. The Balaban J connectivity index is 1.77. The highest BCUT2D eigenvalue weighted by Crippen LogP contribution is 2.76. The highest BCUT2D eigenvalue weighted by Gasteiger charge is 2.83. The van der Waals surface area contributed by atoms with Gasteiger partial charge in [0.2, 0.25) is 0 Å². The predicted octanol–water partition coefficient (Wildman–Crippen LogP) is 1.40. The average molecular weight is 348 g/mol. The van der Waals surface area contributed by atoms with Crippen molar-refractivity contribution in [3.63, 3.8) is 0 Å². The van der Waals surface area contributed by atoms with Crippen LogP contribution in [0.5, 0.6) is 0 Å². The molecule has 0 radical (unpaired) electrons. The molecule has 0 amide bonds. The van der Waals surface area contributed by atoms with Crippen molar-refractivity contribution >= 4 is 5.78 Å². The fraction of sp³-hybridized carbons (Fsp3) is 0.850. The van der Waals surface area contributed by atoms with E-state index in [0.29, 0.717) is 24.8 Å². The number of hydrogen-bond acceptors (Lipinski definition) is 5. The lowest BCUT2D eigenvalue weighted by molar-refractivity contribution is -0.426. The summed E-state index contributed by atoms with van der Waals surface area (Å²) in [6.07, 6.45) is 1.75. The Morgan fingerprint density at radius 2 is 1.88 bits per heavy atom. The number of ketones is 1. The van der Waals surface area contributed by atoms with Gasteiger partial charge in [-0.1, -0.05) is 20.4 Å². The fourth-order valence-electron chi connectivity index (χ4n) is 7.74. The van der Waals surface area contributed by atoms with Gasteiger partial charge in [0, 0.05) is 17.8 Å². The van der Waals surface area contributed by atoms with Crippen LogP contribution in [0.2, 0.25) is 0 Å². The van der Waals surface area contributed by atoms with Crippen LogP contribution in [0.3, 0.4) is 0 Å². The molecule has 5 nitrogen and oxygen atoms in total. The molecule has 4 saturated carbocycles. The van der Waals surface area contributed by atoms with Crippen LogP contribution < -0.4 is 0 Å². The van der Waals surface area contributed by atoms with E-state index in [2.05, 4.69) is 20.4 Å². The van der Waals surface area contributed by atoms with E-state index in [-0.39, 0.29) is 35.6 Å². The van der Waals surface area contributed by atoms with Gasteiger partial charge in [-0.3, -0.25) is 4.79 Å². The normalized spacial score (nSPS) is 58.8. The third kappa shape index (κ3) is 1.44. The maximum atomic E-state index is 13.3. The first-order chi connectivity index (χ1) is 11.6. The molecule has 0 aromatic heterocycles. The highest BCUT2D eigenvalue weighted by atomic mass is 16.6. The zero-order chi connectivity index (χ0) is 18.0. The molecule has 3 N–H and O–H groups in total. The molecule has 4 bridgehead atoms. The second kappa shape index (κ2) is 4.38. The van der Waals surface area contributed by atoms with E-state index in [4.69, 9.17) is 4.74 Å². The second-order valence-electron chi connectivity index (χ2n) is 9.89. The first-order valence-corrected chi connectivity index (χ1v) is 9.59. The lowest BCUT2D eigenvalue weighted by Gasteiger charge is -2.73. The molecule has 1 unspecified atom stereocenters. The summed E-state index contributed by atoms with van der Waals surface area (Å²) in [4.78, 5) is 13.3. The van der Waals surface area contributed by atoms with Gasteiger partial charge in [-0.05, 0) is 48.5 Å². The van der Waals surface area contributed by atoms with Crippen LogP contribution in [-0.2, 0) is 9.53 Å². The molecule has 2 spiro atoms. The minimum Gasteiger partial charge on any atom is -0.392 e. The first-order valence-electron chi connectivity index (χ1n) is 9.59. The maximum Gasteiger partial charge on any atom is 0.181 e. The highest BCUT2D eigenvalue weighted by molar-refractivity contribution is 6.05. The van der Waals surface area contributed by atoms with Crippen molar-refractivity contribution in [2.24, 2.45) is 34.0 Å². The molecular weight excluding hydrogens is 320 g/mol. The number of carbonyl (C=O) groups is 1. The molecule has 0 aromatic rings. The van der Waals surface area contributed by atoms with Crippen LogP contribution in [0.4, 0.5) is 0 Å². The number of aliphatic hydroxyl groups excluding tert-OH is 2. The topological polar surface area (TPSA) is 87.0 Å². The van der Waals surface area contributed by atoms with Gasteiger partial charge >= 0.3 is 0 Å². The van der Waals surface area contributed by atoms with Crippen LogP contribution >= 0.6 is 0 Å². The van der Waals surface area contributed by atoms with E-state index >= 15 is 0 Å². The van der Waals surface area contributed by atoms with Gasteiger partial charge < -0.3 is 20.1 Å². The van der Waals surface area contributed by atoms with Crippen molar-refractivity contribution in [3.05, 3.63) is 12.2 Å². The van der Waals surface area contributed by atoms with Crippen LogP contribution in [0, 0.1) is 34.0 Å². The molecule has 4 aliphatic carbocycles. The van der Waals surface area contributed by atoms with Crippen molar-refractivity contribution in [2.75, 3.05) is 6.61 Å². The number of rotatable bonds is 0. The van der Waals surface area contributed by atoms with Crippen molar-refractivity contribution in [1.82, 2.24) is 0 Å². The lowest BCUT2D eigenvalue weighted by atomic mass is 9.36. The zero-order valence-corrected chi connectivity index (χ0v) is 15.0. The number of aliphatic hydroxyl groups is 3. The largest absolute Gasteiger partial charge is 0.392 e. The number of fused-ring (bicyclic) bond motifs is 2. The molecule has 2 saturated heterocycles. The first kappa shape index (κ1) is 16.4. The van der Waals surface area contributed by atoms with Gasteiger partial charge in [0.25, 0.3) is 0 Å². The van der Waals surface area contributed by atoms with Gasteiger partial charge in [0.15, 0.2) is 11.6 Å². The van der Waals surface area contributed by atoms with E-state index in [0.717, 1.165) is 12.8 Å². The monoisotopic (exact) mass is 348 g/mol. The Bertz CT molecular complexity index is 686. The number of ether oxygens (including phenoxy) is 1. The van der Waals surface area contributed by atoms with Gasteiger partial charge in [-0.25, -0.2) is 0 Å². The van der Waals surface area contributed by atoms with E-state index in [1.54, 1.807) is 0 Å². The Morgan fingerprint density at radius 1 is 1.16 bits per heavy atom. The predicted molar refractivity (Wildman–Crippen MR) is 89.3 cm³/mol. The smallest absolute Gasteiger partial charge is 0.181 e.